The molecule has 0 amide bonds. The van der Waals surface area contributed by atoms with Gasteiger partial charge in [0.2, 0.25) is 0 Å². The third-order valence-electron chi connectivity index (χ3n) is 7.08. The zero-order valence-corrected chi connectivity index (χ0v) is 23.6. The lowest BCUT2D eigenvalue weighted by Gasteiger charge is -2.38. The molecule has 30 heavy (non-hydrogen) atoms. The number of hydrogen-bond donors (Lipinski definition) is 0. The minimum absolute atomic E-state index is 0.494. The third-order valence-corrected chi connectivity index (χ3v) is 19.7. The predicted octanol–water partition coefficient (Wildman–Crippen LogP) is 7.99. The zero-order valence-electron chi connectivity index (χ0n) is 21.6. The summed E-state index contributed by atoms with van der Waals surface area (Å²) in [7, 11) is -3.78. The molecule has 0 saturated heterocycles. The van der Waals surface area contributed by atoms with E-state index in [1.807, 2.05) is 0 Å². The Morgan fingerprint density at radius 3 is 0.867 bits per heavy atom. The molecule has 0 aliphatic rings. The van der Waals surface area contributed by atoms with Gasteiger partial charge < -0.3 is 0 Å². The summed E-state index contributed by atoms with van der Waals surface area (Å²) < 4.78 is 0. The maximum absolute atomic E-state index is 5.76. The van der Waals surface area contributed by atoms with Crippen molar-refractivity contribution in [2.24, 2.45) is 0 Å². The monoisotopic (exact) mass is 436 g/mol. The number of allylic oxidation sites excluding steroid dienone is 2. The topological polar surface area (TPSA) is 0 Å². The lowest BCUT2D eigenvalue weighted by atomic mass is 10.1. The van der Waals surface area contributed by atoms with Crippen molar-refractivity contribution in [1.82, 2.24) is 0 Å². The molecule has 0 aromatic heterocycles. The second-order valence-electron chi connectivity index (χ2n) is 10.3. The van der Waals surface area contributed by atoms with Crippen LogP contribution in [0.15, 0.2) is 11.1 Å². The summed E-state index contributed by atoms with van der Waals surface area (Å²) in [5.41, 5.74) is 12.0. The van der Waals surface area contributed by atoms with Crippen LogP contribution in [0.4, 0.5) is 0 Å². The van der Waals surface area contributed by atoms with Gasteiger partial charge in [0.1, 0.15) is 16.1 Å². The summed E-state index contributed by atoms with van der Waals surface area (Å²) in [6.45, 7) is 27.8. The Balaban J connectivity index is 6.97. The summed E-state index contributed by atoms with van der Waals surface area (Å²) in [5, 5.41) is 0. The SMILES string of the molecule is C#CC(C#C)=C(C#C[Si](C(C)C)(C(C)C)C(C)C)C#C[Si](C(C)C)(C(C)C)C(C)C. The standard InChI is InChI=1S/C28H44Si2/c1-15-27(16-2)28(17-19-29(21(3)4,22(5)6)23(7)8)18-20-30(24(9)10,25(11)12)26(13)14/h1-2,21-26H,3-14H3. The number of terminal acetylenes is 2. The average molecular weight is 437 g/mol. The highest BCUT2D eigenvalue weighted by Crippen LogP contribution is 2.42. The van der Waals surface area contributed by atoms with Gasteiger partial charge in [0.25, 0.3) is 0 Å². The van der Waals surface area contributed by atoms with Crippen LogP contribution >= 0.6 is 0 Å². The zero-order chi connectivity index (χ0) is 23.9. The van der Waals surface area contributed by atoms with Crippen molar-refractivity contribution in [3.8, 4) is 47.6 Å². The molecule has 0 aromatic carbocycles. The van der Waals surface area contributed by atoms with Crippen molar-refractivity contribution in [3.05, 3.63) is 11.1 Å². The van der Waals surface area contributed by atoms with E-state index in [0.29, 0.717) is 44.4 Å². The van der Waals surface area contributed by atoms with Crippen molar-refractivity contribution in [2.45, 2.75) is 116 Å². The first-order valence-electron chi connectivity index (χ1n) is 11.5. The number of rotatable bonds is 6. The smallest absolute Gasteiger partial charge is 0.124 e. The highest BCUT2D eigenvalue weighted by Gasteiger charge is 2.42. The van der Waals surface area contributed by atoms with Gasteiger partial charge in [0, 0.05) is 0 Å². The van der Waals surface area contributed by atoms with E-state index >= 15 is 0 Å². The highest BCUT2D eigenvalue weighted by atomic mass is 28.3. The van der Waals surface area contributed by atoms with E-state index in [4.69, 9.17) is 12.8 Å². The Kier molecular flexibility index (Phi) is 11.1. The largest absolute Gasteiger partial charge is 0.146 e. The summed E-state index contributed by atoms with van der Waals surface area (Å²) in [4.78, 5) is 0. The summed E-state index contributed by atoms with van der Waals surface area (Å²) in [6.07, 6.45) is 11.5. The fraction of sp³-hybridized carbons (Fsp3) is 0.643. The Labute approximate surface area is 191 Å². The van der Waals surface area contributed by atoms with Crippen LogP contribution in [-0.2, 0) is 0 Å². The van der Waals surface area contributed by atoms with E-state index in [9.17, 15) is 0 Å². The first-order valence-corrected chi connectivity index (χ1v) is 16.0. The third kappa shape index (κ3) is 5.76. The minimum Gasteiger partial charge on any atom is -0.124 e. The Hall–Kier alpha value is -1.59. The van der Waals surface area contributed by atoms with Crippen molar-refractivity contribution in [3.63, 3.8) is 0 Å². The van der Waals surface area contributed by atoms with Crippen LogP contribution in [-0.4, -0.2) is 16.1 Å². The molecule has 0 aliphatic heterocycles. The van der Waals surface area contributed by atoms with E-state index < -0.39 is 16.1 Å². The van der Waals surface area contributed by atoms with Gasteiger partial charge in [-0.05, 0) is 33.2 Å². The van der Waals surface area contributed by atoms with Gasteiger partial charge in [-0.2, -0.15) is 0 Å². The van der Waals surface area contributed by atoms with Crippen molar-refractivity contribution in [1.29, 1.82) is 0 Å². The highest BCUT2D eigenvalue weighted by molar-refractivity contribution is 6.91. The Morgan fingerprint density at radius 2 is 0.700 bits per heavy atom. The molecule has 2 heteroatoms. The molecule has 0 spiro atoms. The van der Waals surface area contributed by atoms with E-state index in [1.165, 1.54) is 0 Å². The molecule has 0 heterocycles. The van der Waals surface area contributed by atoms with Gasteiger partial charge in [-0.1, -0.05) is 107 Å². The molecule has 0 nitrogen and oxygen atoms in total. The van der Waals surface area contributed by atoms with Crippen LogP contribution in [0.1, 0.15) is 83.1 Å². The first-order chi connectivity index (χ1) is 13.7. The molecule has 0 aliphatic carbocycles. The summed E-state index contributed by atoms with van der Waals surface area (Å²) in [5.74, 6) is 12.2. The van der Waals surface area contributed by atoms with E-state index in [0.717, 1.165) is 0 Å². The van der Waals surface area contributed by atoms with Crippen LogP contribution in [0.25, 0.3) is 0 Å². The Morgan fingerprint density at radius 1 is 0.467 bits per heavy atom. The molecule has 0 aromatic rings. The van der Waals surface area contributed by atoms with Crippen molar-refractivity contribution < 1.29 is 0 Å². The lowest BCUT2D eigenvalue weighted by Crippen LogP contribution is -2.43. The summed E-state index contributed by atoms with van der Waals surface area (Å²) in [6, 6.07) is 0. The lowest BCUT2D eigenvalue weighted by molar-refractivity contribution is 0.838. The van der Waals surface area contributed by atoms with Gasteiger partial charge in [0.15, 0.2) is 0 Å². The van der Waals surface area contributed by atoms with E-state index in [1.54, 1.807) is 0 Å². The van der Waals surface area contributed by atoms with Crippen LogP contribution in [0, 0.1) is 47.6 Å². The second-order valence-corrected chi connectivity index (χ2v) is 21.5. The summed E-state index contributed by atoms with van der Waals surface area (Å²) >= 11 is 0. The molecule has 0 rings (SSSR count). The van der Waals surface area contributed by atoms with Crippen LogP contribution < -0.4 is 0 Å². The van der Waals surface area contributed by atoms with Crippen LogP contribution in [0.3, 0.4) is 0 Å². The molecule has 0 bridgehead atoms. The molecule has 0 fully saturated rings. The van der Waals surface area contributed by atoms with Crippen LogP contribution in [0.5, 0.6) is 0 Å². The van der Waals surface area contributed by atoms with Crippen molar-refractivity contribution >= 4 is 16.1 Å². The number of hydrogen-bond acceptors (Lipinski definition) is 0. The average Bonchev–Trinajstić information content (AvgIpc) is 2.60. The maximum Gasteiger partial charge on any atom is 0.146 e. The van der Waals surface area contributed by atoms with Gasteiger partial charge in [-0.25, -0.2) is 0 Å². The fourth-order valence-electron chi connectivity index (χ4n) is 5.55. The first kappa shape index (κ1) is 28.4. The predicted molar refractivity (Wildman–Crippen MR) is 142 cm³/mol. The normalized spacial score (nSPS) is 11.9. The van der Waals surface area contributed by atoms with Gasteiger partial charge in [-0.3, -0.25) is 0 Å². The molecular formula is C28H44Si2. The Bertz CT molecular complexity index is 701. The maximum atomic E-state index is 5.76. The molecule has 0 N–H and O–H groups in total. The van der Waals surface area contributed by atoms with Crippen molar-refractivity contribution in [2.75, 3.05) is 0 Å². The molecular weight excluding hydrogens is 392 g/mol. The second kappa shape index (κ2) is 11.7. The quantitative estimate of drug-likeness (QED) is 0.292. The van der Waals surface area contributed by atoms with Crippen LogP contribution in [0.2, 0.25) is 33.2 Å². The minimum atomic E-state index is -1.89. The van der Waals surface area contributed by atoms with Gasteiger partial charge in [0.05, 0.1) is 11.1 Å². The molecule has 164 valence electrons. The van der Waals surface area contributed by atoms with Gasteiger partial charge >= 0.3 is 0 Å². The molecule has 0 atom stereocenters. The molecule has 0 unspecified atom stereocenters. The van der Waals surface area contributed by atoms with Gasteiger partial charge in [-0.15, -0.1) is 23.9 Å². The fourth-order valence-corrected chi connectivity index (χ4v) is 16.0. The van der Waals surface area contributed by atoms with E-state index in [-0.39, 0.29) is 0 Å². The molecule has 0 saturated carbocycles. The van der Waals surface area contributed by atoms with E-state index in [2.05, 4.69) is 118 Å². The molecule has 0 radical (unpaired) electrons.